The number of hydrogen-bond acceptors (Lipinski definition) is 4. The summed E-state index contributed by atoms with van der Waals surface area (Å²) in [5, 5.41) is 12.5. The van der Waals surface area contributed by atoms with Crippen molar-refractivity contribution in [3.63, 3.8) is 0 Å². The molecule has 0 unspecified atom stereocenters. The van der Waals surface area contributed by atoms with Crippen molar-refractivity contribution >= 4 is 5.97 Å². The van der Waals surface area contributed by atoms with E-state index in [0.29, 0.717) is 5.82 Å². The summed E-state index contributed by atoms with van der Waals surface area (Å²) in [4.78, 5) is 14.6. The van der Waals surface area contributed by atoms with Crippen LogP contribution in [0, 0.1) is 5.82 Å². The van der Waals surface area contributed by atoms with Crippen molar-refractivity contribution < 1.29 is 18.8 Å². The Balaban J connectivity index is 2.30. The van der Waals surface area contributed by atoms with E-state index in [1.807, 2.05) is 13.8 Å². The van der Waals surface area contributed by atoms with Gasteiger partial charge in [0.05, 0.1) is 5.41 Å². The highest BCUT2D eigenvalue weighted by Crippen LogP contribution is 2.29. The first-order valence-electron chi connectivity index (χ1n) is 5.70. The lowest BCUT2D eigenvalue weighted by molar-refractivity contribution is -0.136. The van der Waals surface area contributed by atoms with Crippen LogP contribution in [0.1, 0.15) is 31.1 Å². The zero-order valence-corrected chi connectivity index (χ0v) is 10.6. The standard InChI is InChI=1S/C13H13FN2O3/c1-13(2,8-3-5-9(14)6-4-8)12-15-10(19-16-12)7-11(17)18/h3-6H,7H2,1-2H3,(H,17,18). The lowest BCUT2D eigenvalue weighted by Gasteiger charge is -2.20. The molecule has 1 N–H and O–H groups in total. The smallest absolute Gasteiger partial charge is 0.312 e. The second kappa shape index (κ2) is 4.79. The fourth-order valence-corrected chi connectivity index (χ4v) is 1.71. The van der Waals surface area contributed by atoms with Gasteiger partial charge in [-0.2, -0.15) is 4.98 Å². The molecule has 0 spiro atoms. The summed E-state index contributed by atoms with van der Waals surface area (Å²) in [6.45, 7) is 3.71. The van der Waals surface area contributed by atoms with Gasteiger partial charge in [0.1, 0.15) is 12.2 Å². The van der Waals surface area contributed by atoms with E-state index in [1.54, 1.807) is 12.1 Å². The van der Waals surface area contributed by atoms with Gasteiger partial charge in [0.15, 0.2) is 5.82 Å². The number of nitrogens with zero attached hydrogens (tertiary/aromatic N) is 2. The van der Waals surface area contributed by atoms with Crippen LogP contribution >= 0.6 is 0 Å². The van der Waals surface area contributed by atoms with Gasteiger partial charge >= 0.3 is 5.97 Å². The predicted octanol–water partition coefficient (Wildman–Crippen LogP) is 2.16. The lowest BCUT2D eigenvalue weighted by atomic mass is 9.84. The molecule has 6 heteroatoms. The van der Waals surface area contributed by atoms with Gasteiger partial charge in [0.25, 0.3) is 0 Å². The maximum absolute atomic E-state index is 12.9. The third-order valence-corrected chi connectivity index (χ3v) is 2.90. The fourth-order valence-electron chi connectivity index (χ4n) is 1.71. The third kappa shape index (κ3) is 2.78. The molecule has 0 aliphatic rings. The molecule has 0 fully saturated rings. The Morgan fingerprint density at radius 3 is 2.58 bits per heavy atom. The monoisotopic (exact) mass is 264 g/mol. The molecular weight excluding hydrogens is 251 g/mol. The minimum atomic E-state index is -1.03. The van der Waals surface area contributed by atoms with Gasteiger partial charge in [0, 0.05) is 0 Å². The van der Waals surface area contributed by atoms with Crippen molar-refractivity contribution in [2.45, 2.75) is 25.7 Å². The molecule has 0 bridgehead atoms. The van der Waals surface area contributed by atoms with Crippen LogP contribution in [-0.2, 0) is 16.6 Å². The van der Waals surface area contributed by atoms with Crippen LogP contribution < -0.4 is 0 Å². The number of rotatable bonds is 4. The van der Waals surface area contributed by atoms with Crippen LogP contribution in [0.15, 0.2) is 28.8 Å². The van der Waals surface area contributed by atoms with E-state index in [4.69, 9.17) is 9.63 Å². The van der Waals surface area contributed by atoms with Crippen molar-refractivity contribution in [1.29, 1.82) is 0 Å². The molecule has 0 atom stereocenters. The second-order valence-corrected chi connectivity index (χ2v) is 4.71. The molecule has 1 aromatic carbocycles. The van der Waals surface area contributed by atoms with Gasteiger partial charge in [-0.05, 0) is 31.5 Å². The minimum absolute atomic E-state index is 0.0534. The molecule has 2 aromatic rings. The quantitative estimate of drug-likeness (QED) is 0.915. The van der Waals surface area contributed by atoms with Gasteiger partial charge in [0.2, 0.25) is 5.89 Å². The van der Waals surface area contributed by atoms with Crippen molar-refractivity contribution in [2.75, 3.05) is 0 Å². The Hall–Kier alpha value is -2.24. The SMILES string of the molecule is CC(C)(c1ccc(F)cc1)c1noc(CC(=O)O)n1. The van der Waals surface area contributed by atoms with Crippen LogP contribution in [0.25, 0.3) is 0 Å². The molecule has 0 radical (unpaired) electrons. The average Bonchev–Trinajstić information content (AvgIpc) is 2.78. The van der Waals surface area contributed by atoms with Crippen LogP contribution in [-0.4, -0.2) is 21.2 Å². The molecule has 100 valence electrons. The largest absolute Gasteiger partial charge is 0.481 e. The van der Waals surface area contributed by atoms with Gasteiger partial charge in [-0.3, -0.25) is 4.79 Å². The normalized spacial score (nSPS) is 11.5. The Kier molecular flexibility index (Phi) is 3.33. The maximum atomic E-state index is 12.9. The molecule has 0 saturated carbocycles. The number of hydrogen-bond donors (Lipinski definition) is 1. The van der Waals surface area contributed by atoms with E-state index < -0.39 is 11.4 Å². The van der Waals surface area contributed by atoms with Gasteiger partial charge in [-0.25, -0.2) is 4.39 Å². The molecule has 5 nitrogen and oxygen atoms in total. The summed E-state index contributed by atoms with van der Waals surface area (Å²) < 4.78 is 17.8. The lowest BCUT2D eigenvalue weighted by Crippen LogP contribution is -2.21. The Labute approximate surface area is 109 Å². The molecule has 1 heterocycles. The van der Waals surface area contributed by atoms with Gasteiger partial charge < -0.3 is 9.63 Å². The molecule has 2 rings (SSSR count). The molecule has 19 heavy (non-hydrogen) atoms. The first kappa shape index (κ1) is 13.2. The van der Waals surface area contributed by atoms with E-state index >= 15 is 0 Å². The highest BCUT2D eigenvalue weighted by atomic mass is 19.1. The van der Waals surface area contributed by atoms with E-state index in [-0.39, 0.29) is 18.1 Å². The summed E-state index contributed by atoms with van der Waals surface area (Å²) in [6.07, 6.45) is -0.313. The molecule has 0 aliphatic carbocycles. The minimum Gasteiger partial charge on any atom is -0.481 e. The summed E-state index contributed by atoms with van der Waals surface area (Å²) in [5.74, 6) is -0.929. The zero-order chi connectivity index (χ0) is 14.0. The molecule has 1 aromatic heterocycles. The molecule has 0 aliphatic heterocycles. The number of carboxylic acids is 1. The third-order valence-electron chi connectivity index (χ3n) is 2.90. The summed E-state index contributed by atoms with van der Waals surface area (Å²) in [6, 6.07) is 6.00. The van der Waals surface area contributed by atoms with Crippen molar-refractivity contribution in [3.05, 3.63) is 47.4 Å². The van der Waals surface area contributed by atoms with E-state index in [2.05, 4.69) is 10.1 Å². The van der Waals surface area contributed by atoms with Crippen molar-refractivity contribution in [2.24, 2.45) is 0 Å². The van der Waals surface area contributed by atoms with E-state index in [0.717, 1.165) is 5.56 Å². The predicted molar refractivity (Wildman–Crippen MR) is 64.2 cm³/mol. The fraction of sp³-hybridized carbons (Fsp3) is 0.308. The Bertz CT molecular complexity index is 590. The first-order valence-corrected chi connectivity index (χ1v) is 5.70. The number of carboxylic acid groups (broad SMARTS) is 1. The van der Waals surface area contributed by atoms with Crippen LogP contribution in [0.2, 0.25) is 0 Å². The zero-order valence-electron chi connectivity index (χ0n) is 10.6. The van der Waals surface area contributed by atoms with Crippen LogP contribution in [0.3, 0.4) is 0 Å². The number of aliphatic carboxylic acids is 1. The van der Waals surface area contributed by atoms with Crippen LogP contribution in [0.4, 0.5) is 4.39 Å². The summed E-state index contributed by atoms with van der Waals surface area (Å²) >= 11 is 0. The second-order valence-electron chi connectivity index (χ2n) is 4.71. The Morgan fingerprint density at radius 2 is 2.00 bits per heavy atom. The maximum Gasteiger partial charge on any atom is 0.312 e. The van der Waals surface area contributed by atoms with Crippen molar-refractivity contribution in [1.82, 2.24) is 10.1 Å². The van der Waals surface area contributed by atoms with Crippen LogP contribution in [0.5, 0.6) is 0 Å². The van der Waals surface area contributed by atoms with E-state index in [9.17, 15) is 9.18 Å². The average molecular weight is 264 g/mol. The number of halogens is 1. The van der Waals surface area contributed by atoms with Gasteiger partial charge in [-0.1, -0.05) is 17.3 Å². The number of aromatic nitrogens is 2. The molecule has 0 amide bonds. The summed E-state index contributed by atoms with van der Waals surface area (Å²) in [7, 11) is 0. The molecular formula is C13H13FN2O3. The first-order chi connectivity index (χ1) is 8.89. The topological polar surface area (TPSA) is 76.2 Å². The molecule has 0 saturated heterocycles. The highest BCUT2D eigenvalue weighted by Gasteiger charge is 2.29. The van der Waals surface area contributed by atoms with Crippen molar-refractivity contribution in [3.8, 4) is 0 Å². The summed E-state index contributed by atoms with van der Waals surface area (Å²) in [5.41, 5.74) is 0.227. The van der Waals surface area contributed by atoms with Gasteiger partial charge in [-0.15, -0.1) is 0 Å². The highest BCUT2D eigenvalue weighted by molar-refractivity contribution is 5.68. The van der Waals surface area contributed by atoms with E-state index in [1.165, 1.54) is 12.1 Å². The number of carbonyl (C=O) groups is 1. The Morgan fingerprint density at radius 1 is 1.37 bits per heavy atom. The number of benzene rings is 1.